The molecule has 3 aromatic heterocycles. The molecule has 1 atom stereocenters. The van der Waals surface area contributed by atoms with Gasteiger partial charge in [0.25, 0.3) is 0 Å². The van der Waals surface area contributed by atoms with Crippen molar-refractivity contribution in [3.05, 3.63) is 46.6 Å². The number of aryl methyl sites for hydroxylation is 1. The number of pyridine rings is 1. The fraction of sp³-hybridized carbons (Fsp3) is 0.333. The van der Waals surface area contributed by atoms with Gasteiger partial charge < -0.3 is 25.9 Å². The summed E-state index contributed by atoms with van der Waals surface area (Å²) < 4.78 is 13.0. The van der Waals surface area contributed by atoms with Crippen LogP contribution in [0.2, 0.25) is 5.02 Å². The van der Waals surface area contributed by atoms with Crippen molar-refractivity contribution in [1.82, 2.24) is 24.8 Å². The molecule has 10 nitrogen and oxygen atoms in total. The van der Waals surface area contributed by atoms with Gasteiger partial charge in [-0.15, -0.1) is 0 Å². The summed E-state index contributed by atoms with van der Waals surface area (Å²) in [5.41, 5.74) is 13.3. The average Bonchev–Trinajstić information content (AvgIpc) is 3.39. The number of halogens is 1. The zero-order chi connectivity index (χ0) is 25.2. The maximum atomic E-state index is 10.2. The van der Waals surface area contributed by atoms with Crippen molar-refractivity contribution in [3.63, 3.8) is 0 Å². The van der Waals surface area contributed by atoms with E-state index < -0.39 is 5.60 Å². The molecule has 1 unspecified atom stereocenters. The largest absolute Gasteiger partial charge is 0.469 e. The van der Waals surface area contributed by atoms with Crippen LogP contribution < -0.4 is 16.2 Å². The van der Waals surface area contributed by atoms with Gasteiger partial charge in [0.1, 0.15) is 22.9 Å². The fourth-order valence-corrected chi connectivity index (χ4v) is 3.70. The molecule has 0 amide bonds. The molecule has 0 radical (unpaired) electrons. The predicted molar refractivity (Wildman–Crippen MR) is 133 cm³/mol. The lowest BCUT2D eigenvalue weighted by molar-refractivity contribution is 0.143. The maximum Gasteiger partial charge on any atom is 0.217 e. The molecular weight excluding hydrogens is 470 g/mol. The highest BCUT2D eigenvalue weighted by atomic mass is 35.5. The molecule has 182 valence electrons. The molecule has 3 heterocycles. The summed E-state index contributed by atoms with van der Waals surface area (Å²) in [5, 5.41) is 18.4. The molecule has 4 aromatic rings. The molecule has 0 aliphatic heterocycles. The lowest BCUT2D eigenvalue weighted by Crippen LogP contribution is -2.15. The second-order valence-electron chi connectivity index (χ2n) is 8.40. The average molecular weight is 496 g/mol. The van der Waals surface area contributed by atoms with E-state index in [2.05, 4.69) is 27.1 Å². The molecule has 0 bridgehead atoms. The van der Waals surface area contributed by atoms with Gasteiger partial charge in [0.05, 0.1) is 5.52 Å². The summed E-state index contributed by atoms with van der Waals surface area (Å²) in [7, 11) is 0. The van der Waals surface area contributed by atoms with Crippen molar-refractivity contribution >= 4 is 28.5 Å². The SMILES string of the molecule is CCn1c(-c2nonc2N)nc2c(C#CC(C)(C)O)nc(OC(CCN)c3ccc(Cl)cc3)cc21. The number of benzene rings is 1. The lowest BCUT2D eigenvalue weighted by atomic mass is 10.1. The van der Waals surface area contributed by atoms with Gasteiger partial charge in [-0.2, -0.15) is 0 Å². The van der Waals surface area contributed by atoms with E-state index in [0.717, 1.165) is 5.56 Å². The summed E-state index contributed by atoms with van der Waals surface area (Å²) in [6.07, 6.45) is 0.205. The van der Waals surface area contributed by atoms with Gasteiger partial charge in [0, 0.05) is 24.1 Å². The molecule has 0 saturated heterocycles. The number of rotatable bonds is 7. The van der Waals surface area contributed by atoms with Crippen LogP contribution in [0.5, 0.6) is 5.88 Å². The van der Waals surface area contributed by atoms with Crippen molar-refractivity contribution in [3.8, 4) is 29.2 Å². The van der Waals surface area contributed by atoms with E-state index in [1.54, 1.807) is 32.0 Å². The number of aromatic nitrogens is 5. The highest BCUT2D eigenvalue weighted by Gasteiger charge is 2.23. The number of ether oxygens (including phenoxy) is 1. The zero-order valence-electron chi connectivity index (χ0n) is 19.6. The van der Waals surface area contributed by atoms with Crippen LogP contribution in [-0.4, -0.2) is 42.1 Å². The van der Waals surface area contributed by atoms with Crippen LogP contribution in [0.3, 0.4) is 0 Å². The Morgan fingerprint density at radius 2 is 1.97 bits per heavy atom. The smallest absolute Gasteiger partial charge is 0.217 e. The van der Waals surface area contributed by atoms with Crippen molar-refractivity contribution in [2.45, 2.75) is 45.4 Å². The predicted octanol–water partition coefficient (Wildman–Crippen LogP) is 3.33. The van der Waals surface area contributed by atoms with E-state index in [1.807, 2.05) is 23.6 Å². The van der Waals surface area contributed by atoms with Gasteiger partial charge >= 0.3 is 0 Å². The van der Waals surface area contributed by atoms with Crippen LogP contribution in [-0.2, 0) is 6.54 Å². The lowest BCUT2D eigenvalue weighted by Gasteiger charge is -2.19. The first-order valence-electron chi connectivity index (χ1n) is 11.1. The number of nitrogens with two attached hydrogens (primary N) is 2. The monoisotopic (exact) mass is 495 g/mol. The van der Waals surface area contributed by atoms with E-state index in [4.69, 9.17) is 37.4 Å². The van der Waals surface area contributed by atoms with E-state index in [-0.39, 0.29) is 11.9 Å². The number of aliphatic hydroxyl groups is 1. The second-order valence-corrected chi connectivity index (χ2v) is 8.84. The Morgan fingerprint density at radius 3 is 2.57 bits per heavy atom. The molecule has 35 heavy (non-hydrogen) atoms. The Kier molecular flexibility index (Phi) is 6.93. The van der Waals surface area contributed by atoms with E-state index in [9.17, 15) is 5.11 Å². The first-order chi connectivity index (χ1) is 16.7. The first-order valence-corrected chi connectivity index (χ1v) is 11.5. The topological polar surface area (TPSA) is 151 Å². The molecule has 0 fully saturated rings. The molecule has 1 aromatic carbocycles. The Morgan fingerprint density at radius 1 is 1.23 bits per heavy atom. The fourth-order valence-electron chi connectivity index (χ4n) is 3.58. The Hall–Kier alpha value is -3.65. The number of imidazole rings is 1. The van der Waals surface area contributed by atoms with Crippen molar-refractivity contribution in [1.29, 1.82) is 0 Å². The first kappa shape index (κ1) is 24.5. The van der Waals surface area contributed by atoms with Crippen molar-refractivity contribution < 1.29 is 14.5 Å². The van der Waals surface area contributed by atoms with Crippen molar-refractivity contribution in [2.75, 3.05) is 12.3 Å². The van der Waals surface area contributed by atoms with Crippen LogP contribution in [0.1, 0.15) is 44.6 Å². The van der Waals surface area contributed by atoms with E-state index >= 15 is 0 Å². The number of fused-ring (bicyclic) bond motifs is 1. The van der Waals surface area contributed by atoms with Gasteiger partial charge in [-0.1, -0.05) is 29.7 Å². The summed E-state index contributed by atoms with van der Waals surface area (Å²) in [5.74, 6) is 6.66. The summed E-state index contributed by atoms with van der Waals surface area (Å²) >= 11 is 6.05. The number of hydrogen-bond acceptors (Lipinski definition) is 9. The van der Waals surface area contributed by atoms with Gasteiger partial charge in [-0.3, -0.25) is 0 Å². The minimum atomic E-state index is -1.23. The number of anilines is 1. The molecule has 11 heteroatoms. The Bertz CT molecular complexity index is 1390. The van der Waals surface area contributed by atoms with Gasteiger partial charge in [0.15, 0.2) is 17.3 Å². The molecule has 0 aliphatic rings. The number of hydrogen-bond donors (Lipinski definition) is 3. The van der Waals surface area contributed by atoms with E-state index in [1.165, 1.54) is 0 Å². The Balaban J connectivity index is 1.88. The minimum absolute atomic E-state index is 0.120. The quantitative estimate of drug-likeness (QED) is 0.328. The third-order valence-corrected chi connectivity index (χ3v) is 5.43. The molecule has 0 saturated carbocycles. The zero-order valence-corrected chi connectivity index (χ0v) is 20.4. The molecule has 0 aliphatic carbocycles. The van der Waals surface area contributed by atoms with E-state index in [0.29, 0.717) is 58.7 Å². The minimum Gasteiger partial charge on any atom is -0.469 e. The van der Waals surface area contributed by atoms with Crippen LogP contribution in [0.25, 0.3) is 22.6 Å². The van der Waals surface area contributed by atoms with Gasteiger partial charge in [-0.25, -0.2) is 14.6 Å². The molecule has 5 N–H and O–H groups in total. The summed E-state index contributed by atoms with van der Waals surface area (Å²) in [6, 6.07) is 9.18. The highest BCUT2D eigenvalue weighted by Crippen LogP contribution is 2.32. The standard InChI is InChI=1S/C24H26ClN7O3/c1-4-32-17-13-19(34-18(10-12-26)14-5-7-15(25)8-6-14)28-16(9-11-24(2,3)33)20(17)29-23(32)21-22(27)31-35-30-21/h5-8,13,18,33H,4,10,12,26H2,1-3H3,(H2,27,31). The van der Waals surface area contributed by atoms with Crippen molar-refractivity contribution in [2.24, 2.45) is 5.73 Å². The normalized spacial score (nSPS) is 12.4. The third-order valence-electron chi connectivity index (χ3n) is 5.18. The summed E-state index contributed by atoms with van der Waals surface area (Å²) in [4.78, 5) is 9.32. The molecule has 4 rings (SSSR count). The summed E-state index contributed by atoms with van der Waals surface area (Å²) in [6.45, 7) is 6.10. The Labute approximate surface area is 207 Å². The third kappa shape index (κ3) is 5.38. The van der Waals surface area contributed by atoms with Crippen LogP contribution in [0.15, 0.2) is 35.0 Å². The van der Waals surface area contributed by atoms with Crippen LogP contribution in [0, 0.1) is 11.8 Å². The van der Waals surface area contributed by atoms with Gasteiger partial charge in [-0.05, 0) is 61.2 Å². The molecule has 0 spiro atoms. The molecular formula is C24H26ClN7O3. The number of nitrogen functional groups attached to an aromatic ring is 1. The number of nitrogens with zero attached hydrogens (tertiary/aromatic N) is 5. The van der Waals surface area contributed by atoms with Crippen LogP contribution >= 0.6 is 11.6 Å². The second kappa shape index (κ2) is 9.92. The highest BCUT2D eigenvalue weighted by molar-refractivity contribution is 6.30. The van der Waals surface area contributed by atoms with Gasteiger partial charge in [0.2, 0.25) is 5.88 Å². The maximum absolute atomic E-state index is 10.2. The van der Waals surface area contributed by atoms with Crippen LogP contribution in [0.4, 0.5) is 5.82 Å².